The van der Waals surface area contributed by atoms with E-state index in [0.29, 0.717) is 11.4 Å². The Bertz CT molecular complexity index is 664. The van der Waals surface area contributed by atoms with Crippen molar-refractivity contribution in [3.8, 4) is 0 Å². The highest BCUT2D eigenvalue weighted by molar-refractivity contribution is 5.91. The van der Waals surface area contributed by atoms with Gasteiger partial charge in [0.2, 0.25) is 5.91 Å². The van der Waals surface area contributed by atoms with Gasteiger partial charge in [-0.2, -0.15) is 0 Å². The summed E-state index contributed by atoms with van der Waals surface area (Å²) in [5.74, 6) is -0.135. The van der Waals surface area contributed by atoms with E-state index in [0.717, 1.165) is 5.56 Å². The second-order valence-corrected chi connectivity index (χ2v) is 4.60. The molecule has 0 spiro atoms. The quantitative estimate of drug-likeness (QED) is 0.808. The molecule has 0 aromatic heterocycles. The van der Waals surface area contributed by atoms with Crippen LogP contribution in [0.5, 0.6) is 0 Å². The second kappa shape index (κ2) is 7.64. The normalized spacial score (nSPS) is 10.2. The van der Waals surface area contributed by atoms with E-state index in [4.69, 9.17) is 0 Å². The van der Waals surface area contributed by atoms with E-state index < -0.39 is 0 Å². The molecule has 0 heterocycles. The summed E-state index contributed by atoms with van der Waals surface area (Å²) in [4.78, 5) is 22.6. The van der Waals surface area contributed by atoms with Crippen LogP contribution in [-0.2, 0) is 4.79 Å². The van der Waals surface area contributed by atoms with Crippen molar-refractivity contribution in [1.82, 2.24) is 5.32 Å². The van der Waals surface area contributed by atoms with Crippen molar-refractivity contribution in [2.24, 2.45) is 0 Å². The van der Waals surface area contributed by atoms with Gasteiger partial charge in [-0.3, -0.25) is 4.79 Å². The molecule has 0 radical (unpaired) electrons. The van der Waals surface area contributed by atoms with E-state index in [9.17, 15) is 9.59 Å². The monoisotopic (exact) mass is 295 g/mol. The van der Waals surface area contributed by atoms with Crippen molar-refractivity contribution in [3.05, 3.63) is 66.4 Å². The van der Waals surface area contributed by atoms with Gasteiger partial charge in [0.1, 0.15) is 0 Å². The number of rotatable bonds is 4. The zero-order chi connectivity index (χ0) is 15.8. The lowest BCUT2D eigenvalue weighted by Gasteiger charge is -2.06. The molecule has 0 atom stereocenters. The van der Waals surface area contributed by atoms with E-state index in [1.165, 1.54) is 6.92 Å². The SMILES string of the molecule is CC(=O)Nc1ccc(NC(=O)N/C=C/c2ccccc2)cc1. The topological polar surface area (TPSA) is 70.2 Å². The maximum Gasteiger partial charge on any atom is 0.323 e. The Hall–Kier alpha value is -3.08. The van der Waals surface area contributed by atoms with E-state index in [-0.39, 0.29) is 11.9 Å². The third-order valence-electron chi connectivity index (χ3n) is 2.75. The molecule has 112 valence electrons. The van der Waals surface area contributed by atoms with E-state index >= 15 is 0 Å². The standard InChI is InChI=1S/C17H17N3O2/c1-13(21)19-15-7-9-16(10-8-15)20-17(22)18-12-11-14-5-3-2-4-6-14/h2-12H,1H3,(H,19,21)(H2,18,20,22)/b12-11+. The van der Waals surface area contributed by atoms with E-state index in [2.05, 4.69) is 16.0 Å². The van der Waals surface area contributed by atoms with E-state index in [1.807, 2.05) is 30.3 Å². The Labute approximate surface area is 129 Å². The van der Waals surface area contributed by atoms with Crippen LogP contribution in [-0.4, -0.2) is 11.9 Å². The molecule has 0 bridgehead atoms. The number of hydrogen-bond donors (Lipinski definition) is 3. The highest BCUT2D eigenvalue weighted by Gasteiger charge is 2.00. The maximum atomic E-state index is 11.7. The van der Waals surface area contributed by atoms with Gasteiger partial charge in [-0.05, 0) is 35.9 Å². The van der Waals surface area contributed by atoms with Crippen molar-refractivity contribution < 1.29 is 9.59 Å². The Kier molecular flexibility index (Phi) is 5.31. The molecule has 5 heteroatoms. The number of benzene rings is 2. The van der Waals surface area contributed by atoms with Crippen LogP contribution in [0.2, 0.25) is 0 Å². The molecule has 2 aromatic rings. The Morgan fingerprint density at radius 2 is 1.45 bits per heavy atom. The third-order valence-corrected chi connectivity index (χ3v) is 2.75. The van der Waals surface area contributed by atoms with Crippen molar-refractivity contribution in [2.45, 2.75) is 6.92 Å². The van der Waals surface area contributed by atoms with Crippen LogP contribution in [0, 0.1) is 0 Å². The fraction of sp³-hybridized carbons (Fsp3) is 0.0588. The summed E-state index contributed by atoms with van der Waals surface area (Å²) in [6, 6.07) is 16.2. The van der Waals surface area contributed by atoms with Gasteiger partial charge >= 0.3 is 6.03 Å². The molecule has 0 saturated carbocycles. The molecule has 0 unspecified atom stereocenters. The third kappa shape index (κ3) is 5.13. The molecule has 0 fully saturated rings. The van der Waals surface area contributed by atoms with Crippen LogP contribution < -0.4 is 16.0 Å². The minimum Gasteiger partial charge on any atom is -0.326 e. The summed E-state index contributed by atoms with van der Waals surface area (Å²) in [5, 5.41) is 7.98. The van der Waals surface area contributed by atoms with Crippen LogP contribution in [0.3, 0.4) is 0 Å². The molecule has 2 aromatic carbocycles. The van der Waals surface area contributed by atoms with Gasteiger partial charge in [0.25, 0.3) is 0 Å². The molecule has 2 rings (SSSR count). The van der Waals surface area contributed by atoms with Gasteiger partial charge in [-0.15, -0.1) is 0 Å². The van der Waals surface area contributed by atoms with Crippen LogP contribution in [0.15, 0.2) is 60.8 Å². The minimum absolute atomic E-state index is 0.135. The molecule has 3 N–H and O–H groups in total. The molecular weight excluding hydrogens is 278 g/mol. The number of carbonyl (C=O) groups is 2. The highest BCUT2D eigenvalue weighted by atomic mass is 16.2. The lowest BCUT2D eigenvalue weighted by Crippen LogP contribution is -2.23. The first-order valence-corrected chi connectivity index (χ1v) is 6.80. The van der Waals surface area contributed by atoms with Crippen LogP contribution in [0.25, 0.3) is 6.08 Å². The largest absolute Gasteiger partial charge is 0.326 e. The lowest BCUT2D eigenvalue weighted by molar-refractivity contribution is -0.114. The van der Waals surface area contributed by atoms with Gasteiger partial charge < -0.3 is 16.0 Å². The molecule has 5 nitrogen and oxygen atoms in total. The summed E-state index contributed by atoms with van der Waals surface area (Å²) in [6.45, 7) is 1.44. The Morgan fingerprint density at radius 1 is 0.864 bits per heavy atom. The fourth-order valence-electron chi connectivity index (χ4n) is 1.79. The number of urea groups is 1. The summed E-state index contributed by atoms with van der Waals surface area (Å²) in [5.41, 5.74) is 2.32. The molecular formula is C17H17N3O2. The number of anilines is 2. The zero-order valence-corrected chi connectivity index (χ0v) is 12.2. The first-order chi connectivity index (χ1) is 10.6. The summed E-state index contributed by atoms with van der Waals surface area (Å²) in [7, 11) is 0. The first-order valence-electron chi connectivity index (χ1n) is 6.80. The predicted octanol–water partition coefficient (Wildman–Crippen LogP) is 3.44. The number of hydrogen-bond acceptors (Lipinski definition) is 2. The molecule has 0 aliphatic carbocycles. The molecule has 0 saturated heterocycles. The van der Waals surface area contributed by atoms with Crippen LogP contribution >= 0.6 is 0 Å². The van der Waals surface area contributed by atoms with Crippen molar-refractivity contribution >= 4 is 29.4 Å². The van der Waals surface area contributed by atoms with Crippen molar-refractivity contribution in [3.63, 3.8) is 0 Å². The molecule has 22 heavy (non-hydrogen) atoms. The minimum atomic E-state index is -0.334. The maximum absolute atomic E-state index is 11.7. The number of amides is 3. The zero-order valence-electron chi connectivity index (χ0n) is 12.2. The van der Waals surface area contributed by atoms with Crippen LogP contribution in [0.1, 0.15) is 12.5 Å². The fourth-order valence-corrected chi connectivity index (χ4v) is 1.79. The molecule has 0 aliphatic rings. The lowest BCUT2D eigenvalue weighted by atomic mass is 10.2. The van der Waals surface area contributed by atoms with Gasteiger partial charge in [0.05, 0.1) is 0 Å². The van der Waals surface area contributed by atoms with Gasteiger partial charge in [-0.1, -0.05) is 30.3 Å². The molecule has 0 aliphatic heterocycles. The first kappa shape index (κ1) is 15.3. The number of carbonyl (C=O) groups excluding carboxylic acids is 2. The van der Waals surface area contributed by atoms with Crippen LogP contribution in [0.4, 0.5) is 16.2 Å². The Morgan fingerprint density at radius 3 is 2.05 bits per heavy atom. The average molecular weight is 295 g/mol. The van der Waals surface area contributed by atoms with Gasteiger partial charge in [0.15, 0.2) is 0 Å². The smallest absolute Gasteiger partial charge is 0.323 e. The number of nitrogens with one attached hydrogen (secondary N) is 3. The molecule has 3 amide bonds. The van der Waals surface area contributed by atoms with Crippen molar-refractivity contribution in [1.29, 1.82) is 0 Å². The summed E-state index contributed by atoms with van der Waals surface area (Å²) < 4.78 is 0. The predicted molar refractivity (Wildman–Crippen MR) is 88.4 cm³/mol. The average Bonchev–Trinajstić information content (AvgIpc) is 2.50. The van der Waals surface area contributed by atoms with Gasteiger partial charge in [-0.25, -0.2) is 4.79 Å². The van der Waals surface area contributed by atoms with E-state index in [1.54, 1.807) is 36.5 Å². The van der Waals surface area contributed by atoms with Crippen molar-refractivity contribution in [2.75, 3.05) is 10.6 Å². The summed E-state index contributed by atoms with van der Waals surface area (Å²) >= 11 is 0. The second-order valence-electron chi connectivity index (χ2n) is 4.60. The highest BCUT2D eigenvalue weighted by Crippen LogP contribution is 2.13. The van der Waals surface area contributed by atoms with Gasteiger partial charge in [0, 0.05) is 24.5 Å². The summed E-state index contributed by atoms with van der Waals surface area (Å²) in [6.07, 6.45) is 3.38. The Balaban J connectivity index is 1.84.